The van der Waals surface area contributed by atoms with Gasteiger partial charge in [0.2, 0.25) is 6.08 Å². The predicted octanol–water partition coefficient (Wildman–Crippen LogP) is 2.37. The second-order valence-electron chi connectivity index (χ2n) is 2.71. The summed E-state index contributed by atoms with van der Waals surface area (Å²) in [5, 5.41) is 8.65. The molecular weight excluding hydrogens is 227 g/mol. The number of carboxylic acid groups (broad SMARTS) is 1. The number of benzene rings is 1. The minimum absolute atomic E-state index is 0.572. The number of hydrogen-bond acceptors (Lipinski definition) is 3. The van der Waals surface area contributed by atoms with Crippen LogP contribution in [0.1, 0.15) is 15.9 Å². The van der Waals surface area contributed by atoms with Crippen molar-refractivity contribution in [1.82, 2.24) is 0 Å². The zero-order valence-corrected chi connectivity index (χ0v) is 7.58. The molecule has 0 bridgehead atoms. The van der Waals surface area contributed by atoms with Crippen LogP contribution in [0, 0.1) is 0 Å². The Balaban J connectivity index is 3.57. The molecule has 0 aliphatic heterocycles. The number of hydrogen-bond donors (Lipinski definition) is 1. The van der Waals surface area contributed by atoms with Gasteiger partial charge in [-0.2, -0.15) is 18.2 Å². The Labute approximate surface area is 87.0 Å². The smallest absolute Gasteiger partial charge is 0.417 e. The fraction of sp³-hybridized carbons (Fsp3) is 0.111. The summed E-state index contributed by atoms with van der Waals surface area (Å²) in [6.07, 6.45) is -3.82. The Hall–Kier alpha value is -2.14. The molecule has 0 saturated carbocycles. The first-order valence-electron chi connectivity index (χ1n) is 3.89. The highest BCUT2D eigenvalue weighted by Gasteiger charge is 2.36. The lowest BCUT2D eigenvalue weighted by molar-refractivity contribution is -0.138. The van der Waals surface area contributed by atoms with Gasteiger partial charge in [0.05, 0.1) is 16.8 Å². The highest BCUT2D eigenvalue weighted by molar-refractivity contribution is 5.95. The third kappa shape index (κ3) is 2.26. The van der Waals surface area contributed by atoms with Crippen LogP contribution in [0.15, 0.2) is 23.2 Å². The molecule has 0 aliphatic rings. The van der Waals surface area contributed by atoms with Gasteiger partial charge in [-0.1, -0.05) is 6.07 Å². The van der Waals surface area contributed by atoms with Crippen LogP contribution in [0.3, 0.4) is 0 Å². The number of aromatic carboxylic acids is 1. The highest BCUT2D eigenvalue weighted by Crippen LogP contribution is 2.35. The molecule has 0 saturated heterocycles. The Morgan fingerprint density at radius 1 is 1.38 bits per heavy atom. The molecule has 0 spiro atoms. The second-order valence-corrected chi connectivity index (χ2v) is 2.71. The summed E-state index contributed by atoms with van der Waals surface area (Å²) in [4.78, 5) is 23.5. The van der Waals surface area contributed by atoms with Crippen LogP contribution in [0.25, 0.3) is 0 Å². The maximum atomic E-state index is 12.4. The summed E-state index contributed by atoms with van der Waals surface area (Å²) < 4.78 is 37.3. The molecule has 0 aromatic heterocycles. The summed E-state index contributed by atoms with van der Waals surface area (Å²) in [5.74, 6) is -1.80. The average molecular weight is 231 g/mol. The van der Waals surface area contributed by atoms with E-state index in [9.17, 15) is 22.8 Å². The number of carboxylic acids is 1. The van der Waals surface area contributed by atoms with Crippen LogP contribution in [0.4, 0.5) is 18.9 Å². The molecular formula is C9H4F3NO3. The molecule has 0 aliphatic carbocycles. The van der Waals surface area contributed by atoms with E-state index in [1.807, 2.05) is 0 Å². The van der Waals surface area contributed by atoms with Crippen molar-refractivity contribution in [3.63, 3.8) is 0 Å². The first kappa shape index (κ1) is 11.9. The summed E-state index contributed by atoms with van der Waals surface area (Å²) in [6, 6.07) is 2.56. The SMILES string of the molecule is O=C=Nc1cccc(C(F)(F)F)c1C(=O)O. The van der Waals surface area contributed by atoms with E-state index in [0.717, 1.165) is 18.2 Å². The number of carbonyl (C=O) groups excluding carboxylic acids is 1. The molecule has 0 amide bonds. The van der Waals surface area contributed by atoms with E-state index in [1.54, 1.807) is 0 Å². The van der Waals surface area contributed by atoms with Crippen LogP contribution in [-0.2, 0) is 11.0 Å². The topological polar surface area (TPSA) is 66.7 Å². The lowest BCUT2D eigenvalue weighted by atomic mass is 10.1. The quantitative estimate of drug-likeness (QED) is 0.627. The Morgan fingerprint density at radius 2 is 2.00 bits per heavy atom. The van der Waals surface area contributed by atoms with E-state index < -0.39 is 29.0 Å². The molecule has 4 nitrogen and oxygen atoms in total. The third-order valence-corrected chi connectivity index (χ3v) is 1.73. The molecule has 1 N–H and O–H groups in total. The summed E-state index contributed by atoms with van der Waals surface area (Å²) in [7, 11) is 0. The number of carbonyl (C=O) groups is 1. The van der Waals surface area contributed by atoms with E-state index in [4.69, 9.17) is 5.11 Å². The average Bonchev–Trinajstić information content (AvgIpc) is 2.16. The van der Waals surface area contributed by atoms with Gasteiger partial charge in [0.1, 0.15) is 0 Å². The zero-order valence-electron chi connectivity index (χ0n) is 7.58. The maximum Gasteiger partial charge on any atom is 0.417 e. The monoisotopic (exact) mass is 231 g/mol. The van der Waals surface area contributed by atoms with Gasteiger partial charge >= 0.3 is 12.1 Å². The van der Waals surface area contributed by atoms with Gasteiger partial charge in [-0.15, -0.1) is 0 Å². The molecule has 1 rings (SSSR count). The van der Waals surface area contributed by atoms with E-state index in [2.05, 4.69) is 4.99 Å². The van der Waals surface area contributed by atoms with Crippen LogP contribution in [0.5, 0.6) is 0 Å². The van der Waals surface area contributed by atoms with Gasteiger partial charge in [0.25, 0.3) is 0 Å². The molecule has 1 aromatic carbocycles. The minimum Gasteiger partial charge on any atom is -0.478 e. The summed E-state index contributed by atoms with van der Waals surface area (Å²) in [5.41, 5.74) is -2.98. The second kappa shape index (κ2) is 4.16. The molecule has 0 atom stereocenters. The van der Waals surface area contributed by atoms with Crippen molar-refractivity contribution < 1.29 is 27.9 Å². The van der Waals surface area contributed by atoms with Crippen LogP contribution >= 0.6 is 0 Å². The van der Waals surface area contributed by atoms with Crippen molar-refractivity contribution in [2.24, 2.45) is 4.99 Å². The third-order valence-electron chi connectivity index (χ3n) is 1.73. The van der Waals surface area contributed by atoms with E-state index in [-0.39, 0.29) is 0 Å². The van der Waals surface area contributed by atoms with Crippen molar-refractivity contribution in [2.75, 3.05) is 0 Å². The predicted molar refractivity (Wildman–Crippen MR) is 46.2 cm³/mol. The molecule has 0 unspecified atom stereocenters. The fourth-order valence-electron chi connectivity index (χ4n) is 1.14. The first-order chi connectivity index (χ1) is 7.38. The summed E-state index contributed by atoms with van der Waals surface area (Å²) in [6.45, 7) is 0. The number of nitrogens with zero attached hydrogens (tertiary/aromatic N) is 1. The molecule has 0 heterocycles. The van der Waals surface area contributed by atoms with Crippen molar-refractivity contribution >= 4 is 17.7 Å². The van der Waals surface area contributed by atoms with E-state index in [0.29, 0.717) is 6.07 Å². The largest absolute Gasteiger partial charge is 0.478 e. The summed E-state index contributed by atoms with van der Waals surface area (Å²) >= 11 is 0. The van der Waals surface area contributed by atoms with Gasteiger partial charge < -0.3 is 5.11 Å². The minimum atomic E-state index is -4.82. The van der Waals surface area contributed by atoms with Gasteiger partial charge in [-0.25, -0.2) is 9.59 Å². The molecule has 16 heavy (non-hydrogen) atoms. The lowest BCUT2D eigenvalue weighted by Gasteiger charge is -2.10. The number of halogens is 3. The van der Waals surface area contributed by atoms with Crippen molar-refractivity contribution in [3.05, 3.63) is 29.3 Å². The molecule has 7 heteroatoms. The first-order valence-corrected chi connectivity index (χ1v) is 3.89. The number of aliphatic imine (C=N–C) groups is 1. The van der Waals surface area contributed by atoms with E-state index >= 15 is 0 Å². The van der Waals surface area contributed by atoms with Crippen molar-refractivity contribution in [3.8, 4) is 0 Å². The Bertz CT molecular complexity index is 475. The van der Waals surface area contributed by atoms with Gasteiger partial charge in [0, 0.05) is 0 Å². The highest BCUT2D eigenvalue weighted by atomic mass is 19.4. The molecule has 84 valence electrons. The van der Waals surface area contributed by atoms with Crippen LogP contribution in [-0.4, -0.2) is 17.2 Å². The fourth-order valence-corrected chi connectivity index (χ4v) is 1.14. The standard InChI is InChI=1S/C9H4F3NO3/c10-9(11,12)5-2-1-3-6(13-4-14)7(5)8(15)16/h1-3H,(H,15,16). The number of alkyl halides is 3. The number of isocyanates is 1. The Morgan fingerprint density at radius 3 is 2.44 bits per heavy atom. The van der Waals surface area contributed by atoms with Gasteiger partial charge in [0.15, 0.2) is 0 Å². The Kier molecular flexibility index (Phi) is 3.10. The van der Waals surface area contributed by atoms with Crippen LogP contribution in [0.2, 0.25) is 0 Å². The van der Waals surface area contributed by atoms with Gasteiger partial charge in [-0.3, -0.25) is 0 Å². The molecule has 0 fully saturated rings. The zero-order chi connectivity index (χ0) is 12.3. The number of rotatable bonds is 2. The normalized spacial score (nSPS) is 10.7. The molecule has 0 radical (unpaired) electrons. The van der Waals surface area contributed by atoms with Crippen molar-refractivity contribution in [1.29, 1.82) is 0 Å². The molecule has 1 aromatic rings. The van der Waals surface area contributed by atoms with Crippen LogP contribution < -0.4 is 0 Å². The van der Waals surface area contributed by atoms with Gasteiger partial charge in [-0.05, 0) is 12.1 Å². The van der Waals surface area contributed by atoms with Crippen molar-refractivity contribution in [2.45, 2.75) is 6.18 Å². The van der Waals surface area contributed by atoms with E-state index in [1.165, 1.54) is 0 Å². The lowest BCUT2D eigenvalue weighted by Crippen LogP contribution is -2.12. The maximum absolute atomic E-state index is 12.4.